The van der Waals surface area contributed by atoms with Gasteiger partial charge in [0.15, 0.2) is 0 Å². The van der Waals surface area contributed by atoms with Gasteiger partial charge in [-0.15, -0.1) is 0 Å². The fourth-order valence-corrected chi connectivity index (χ4v) is 5.56. The molecule has 1 amide bonds. The average molecular weight is 531 g/mol. The maximum absolute atomic E-state index is 14.8. The van der Waals surface area contributed by atoms with E-state index in [1.54, 1.807) is 30.6 Å². The van der Waals surface area contributed by atoms with Crippen molar-refractivity contribution in [2.24, 2.45) is 16.4 Å². The molecule has 2 aliphatic heterocycles. The van der Waals surface area contributed by atoms with Crippen molar-refractivity contribution in [3.63, 3.8) is 0 Å². The molecule has 1 saturated heterocycles. The van der Waals surface area contributed by atoms with Gasteiger partial charge in [0, 0.05) is 48.2 Å². The van der Waals surface area contributed by atoms with E-state index in [4.69, 9.17) is 10.3 Å². The van der Waals surface area contributed by atoms with Crippen LogP contribution in [0.3, 0.4) is 0 Å². The number of likely N-dealkylation sites (tertiary alicyclic amines) is 1. The molecule has 39 heavy (non-hydrogen) atoms. The van der Waals surface area contributed by atoms with Crippen molar-refractivity contribution in [1.29, 1.82) is 5.53 Å². The van der Waals surface area contributed by atoms with Gasteiger partial charge in [-0.3, -0.25) is 4.79 Å². The fourth-order valence-electron chi connectivity index (χ4n) is 5.56. The lowest BCUT2D eigenvalue weighted by molar-refractivity contribution is -0.130. The summed E-state index contributed by atoms with van der Waals surface area (Å²) < 4.78 is 22.4. The maximum Gasteiger partial charge on any atom is 0.250 e. The summed E-state index contributed by atoms with van der Waals surface area (Å²) in [4.78, 5) is 22.1. The number of carbonyl (C=O) groups excluding carboxylic acids is 1. The molecule has 1 aromatic heterocycles. The van der Waals surface area contributed by atoms with Crippen LogP contribution < -0.4 is 9.64 Å². The lowest BCUT2D eigenvalue weighted by Gasteiger charge is -2.50. The summed E-state index contributed by atoms with van der Waals surface area (Å²) in [6.45, 7) is 9.27. The van der Waals surface area contributed by atoms with Gasteiger partial charge < -0.3 is 19.1 Å². The lowest BCUT2D eigenvalue weighted by atomic mass is 9.80. The monoisotopic (exact) mass is 530 g/mol. The number of methoxy groups -OCH3 is 1. The number of imidazole rings is 1. The number of ether oxygens (including phenoxy) is 1. The van der Waals surface area contributed by atoms with Gasteiger partial charge >= 0.3 is 0 Å². The van der Waals surface area contributed by atoms with E-state index in [2.05, 4.69) is 30.9 Å². The number of nitrogens with zero attached hydrogens (tertiary/aromatic N) is 5. The van der Waals surface area contributed by atoms with Crippen molar-refractivity contribution < 1.29 is 13.9 Å². The molecular weight excluding hydrogens is 495 g/mol. The number of hydrogen-bond acceptors (Lipinski definition) is 6. The first kappa shape index (κ1) is 26.6. The number of hydrogen-bond donors (Lipinski definition) is 1. The molecule has 9 heteroatoms. The standard InChI is InChI=1S/C30H35FN6O2/c1-19-14-36(18-33-19)26-12-10-20(13-27(26)39-5)24(34-32)16-35-15-21-9-11-22-23(31)7-6-8-25(22)37(17-30(2,3)4)29(38)28(21)35/h6-8,10,12-14,16,18,21,28,32H,9,11,15,17H2,1-5H3/b24-16-,34-32?/t21?,28-/m0/s1. The van der Waals surface area contributed by atoms with E-state index in [1.807, 2.05) is 46.9 Å². The third-order valence-corrected chi connectivity index (χ3v) is 7.42. The predicted octanol–water partition coefficient (Wildman–Crippen LogP) is 5.98. The molecule has 0 spiro atoms. The Morgan fingerprint density at radius 1 is 1.26 bits per heavy atom. The third kappa shape index (κ3) is 5.17. The molecule has 0 bridgehead atoms. The third-order valence-electron chi connectivity index (χ3n) is 7.42. The smallest absolute Gasteiger partial charge is 0.250 e. The highest BCUT2D eigenvalue weighted by Crippen LogP contribution is 2.39. The van der Waals surface area contributed by atoms with E-state index in [9.17, 15) is 9.18 Å². The minimum absolute atomic E-state index is 0.0447. The van der Waals surface area contributed by atoms with Crippen LogP contribution in [0.4, 0.5) is 10.1 Å². The van der Waals surface area contributed by atoms with E-state index >= 15 is 0 Å². The predicted molar refractivity (Wildman–Crippen MR) is 148 cm³/mol. The van der Waals surface area contributed by atoms with Gasteiger partial charge in [0.05, 0.1) is 24.8 Å². The number of rotatable bonds is 6. The van der Waals surface area contributed by atoms with Crippen molar-refractivity contribution >= 4 is 17.3 Å². The summed E-state index contributed by atoms with van der Waals surface area (Å²) in [7, 11) is 1.60. The zero-order chi connectivity index (χ0) is 27.9. The molecule has 8 nitrogen and oxygen atoms in total. The molecule has 204 valence electrons. The van der Waals surface area contributed by atoms with Gasteiger partial charge in [-0.1, -0.05) is 32.9 Å². The van der Waals surface area contributed by atoms with Crippen LogP contribution in [0.1, 0.15) is 44.0 Å². The van der Waals surface area contributed by atoms with Crippen molar-refractivity contribution in [2.75, 3.05) is 25.1 Å². The SMILES string of the molecule is COc1cc(/C(=C/N2CC3CCc4c(F)cccc4N(CC(C)(C)C)C(=O)[C@H]32)N=N)ccc1-n1cnc(C)c1. The van der Waals surface area contributed by atoms with Gasteiger partial charge in [-0.2, -0.15) is 5.11 Å². The highest BCUT2D eigenvalue weighted by molar-refractivity contribution is 5.99. The molecule has 1 unspecified atom stereocenters. The second kappa shape index (κ2) is 10.3. The van der Waals surface area contributed by atoms with Crippen LogP contribution in [0.5, 0.6) is 5.75 Å². The van der Waals surface area contributed by atoms with E-state index < -0.39 is 6.04 Å². The van der Waals surface area contributed by atoms with E-state index in [-0.39, 0.29) is 23.1 Å². The molecule has 2 atom stereocenters. The van der Waals surface area contributed by atoms with Crippen LogP contribution in [0.15, 0.2) is 60.2 Å². The minimum Gasteiger partial charge on any atom is -0.495 e. The first-order chi connectivity index (χ1) is 18.6. The minimum atomic E-state index is -0.393. The molecule has 1 fully saturated rings. The van der Waals surface area contributed by atoms with Crippen LogP contribution in [-0.4, -0.2) is 46.6 Å². The van der Waals surface area contributed by atoms with Crippen molar-refractivity contribution in [3.8, 4) is 11.4 Å². The fraction of sp³-hybridized carbons (Fsp3) is 0.400. The van der Waals surface area contributed by atoms with Crippen molar-refractivity contribution in [1.82, 2.24) is 14.5 Å². The Balaban J connectivity index is 1.47. The second-order valence-corrected chi connectivity index (χ2v) is 11.6. The Labute approximate surface area is 228 Å². The molecule has 1 N–H and O–H groups in total. The number of amides is 1. The zero-order valence-corrected chi connectivity index (χ0v) is 23.1. The first-order valence-electron chi connectivity index (χ1n) is 13.2. The van der Waals surface area contributed by atoms with E-state index in [0.717, 1.165) is 17.8 Å². The number of aromatic nitrogens is 2. The number of anilines is 1. The molecule has 0 radical (unpaired) electrons. The number of carbonyl (C=O) groups is 1. The Bertz CT molecular complexity index is 1440. The Kier molecular flexibility index (Phi) is 7.01. The van der Waals surface area contributed by atoms with Crippen molar-refractivity contribution in [2.45, 2.75) is 46.6 Å². The molecular formula is C30H35FN6O2. The van der Waals surface area contributed by atoms with Gasteiger partial charge in [0.2, 0.25) is 5.91 Å². The number of nitrogens with one attached hydrogen (secondary N) is 1. The number of aryl methyl sites for hydroxylation is 1. The van der Waals surface area contributed by atoms with Crippen LogP contribution >= 0.6 is 0 Å². The van der Waals surface area contributed by atoms with Crippen LogP contribution in [0.25, 0.3) is 11.4 Å². The highest BCUT2D eigenvalue weighted by atomic mass is 19.1. The Morgan fingerprint density at radius 3 is 2.72 bits per heavy atom. The largest absolute Gasteiger partial charge is 0.495 e. The summed E-state index contributed by atoms with van der Waals surface area (Å²) in [5, 5.41) is 3.81. The number of fused-ring (bicyclic) bond motifs is 2. The maximum atomic E-state index is 14.8. The summed E-state index contributed by atoms with van der Waals surface area (Å²) in [5.41, 5.74) is 11.9. The van der Waals surface area contributed by atoms with Gasteiger partial charge in [-0.25, -0.2) is 14.9 Å². The lowest BCUT2D eigenvalue weighted by Crippen LogP contribution is -2.63. The second-order valence-electron chi connectivity index (χ2n) is 11.6. The Morgan fingerprint density at radius 2 is 2.05 bits per heavy atom. The van der Waals surface area contributed by atoms with Gasteiger partial charge in [0.25, 0.3) is 0 Å². The summed E-state index contributed by atoms with van der Waals surface area (Å²) in [6.07, 6.45) is 6.74. The van der Waals surface area contributed by atoms with Gasteiger partial charge in [-0.05, 0) is 49.4 Å². The zero-order valence-electron chi connectivity index (χ0n) is 23.1. The van der Waals surface area contributed by atoms with Crippen LogP contribution in [0, 0.1) is 29.6 Å². The Hall–Kier alpha value is -4.01. The molecule has 3 aromatic rings. The number of halogens is 1. The quantitative estimate of drug-likeness (QED) is 0.397. The average Bonchev–Trinajstić information content (AvgIpc) is 3.31. The first-order valence-corrected chi connectivity index (χ1v) is 13.2. The van der Waals surface area contributed by atoms with Crippen LogP contribution in [-0.2, 0) is 11.2 Å². The van der Waals surface area contributed by atoms with Crippen LogP contribution in [0.2, 0.25) is 0 Å². The molecule has 5 rings (SSSR count). The van der Waals surface area contributed by atoms with E-state index in [1.165, 1.54) is 6.07 Å². The molecule has 3 heterocycles. The van der Waals surface area contributed by atoms with Gasteiger partial charge in [0.1, 0.15) is 23.3 Å². The molecule has 2 aromatic carbocycles. The molecule has 0 aliphatic carbocycles. The summed E-state index contributed by atoms with van der Waals surface area (Å²) in [5.74, 6) is 0.416. The summed E-state index contributed by atoms with van der Waals surface area (Å²) >= 11 is 0. The normalized spacial score (nSPS) is 19.5. The summed E-state index contributed by atoms with van der Waals surface area (Å²) in [6, 6.07) is 10.2. The topological polar surface area (TPSA) is 86.8 Å². The molecule has 2 aliphatic rings. The van der Waals surface area contributed by atoms with Crippen molar-refractivity contribution in [3.05, 3.63) is 77.8 Å². The highest BCUT2D eigenvalue weighted by Gasteiger charge is 2.46. The molecule has 0 saturated carbocycles. The van der Waals surface area contributed by atoms with E-state index in [0.29, 0.717) is 47.8 Å². The number of benzene rings is 2.